The third-order valence-corrected chi connectivity index (χ3v) is 5.49. The first-order valence-electron chi connectivity index (χ1n) is 6.23. The van der Waals surface area contributed by atoms with Crippen LogP contribution in [0.2, 0.25) is 0 Å². The van der Waals surface area contributed by atoms with Gasteiger partial charge in [0, 0.05) is 11.9 Å². The minimum absolute atomic E-state index is 0.197. The summed E-state index contributed by atoms with van der Waals surface area (Å²) >= 11 is 3.27. The van der Waals surface area contributed by atoms with E-state index in [-0.39, 0.29) is 10.7 Å². The molecule has 0 saturated carbocycles. The van der Waals surface area contributed by atoms with Gasteiger partial charge >= 0.3 is 0 Å². The molecule has 7 heteroatoms. The maximum absolute atomic E-state index is 12.6. The number of nitrogens with one attached hydrogen (secondary N) is 1. The number of nitrogens with zero attached hydrogens (tertiary/aromatic N) is 1. The highest BCUT2D eigenvalue weighted by molar-refractivity contribution is 9.10. The fourth-order valence-electron chi connectivity index (χ4n) is 2.23. The molecule has 0 fully saturated rings. The minimum atomic E-state index is -3.76. The van der Waals surface area contributed by atoms with Crippen LogP contribution in [-0.2, 0) is 10.0 Å². The number of aromatic nitrogens is 1. The van der Waals surface area contributed by atoms with Gasteiger partial charge in [-0.25, -0.2) is 13.4 Å². The minimum Gasteiger partial charge on any atom is -0.398 e. The van der Waals surface area contributed by atoms with Crippen LogP contribution in [0.15, 0.2) is 33.8 Å². The Hall–Kier alpha value is -1.60. The van der Waals surface area contributed by atoms with Crippen LogP contribution in [0.1, 0.15) is 16.7 Å². The second-order valence-corrected chi connectivity index (χ2v) is 7.29. The van der Waals surface area contributed by atoms with Crippen molar-refractivity contribution in [1.29, 1.82) is 0 Å². The van der Waals surface area contributed by atoms with Gasteiger partial charge in [-0.05, 0) is 65.5 Å². The van der Waals surface area contributed by atoms with Crippen molar-refractivity contribution in [2.45, 2.75) is 25.7 Å². The summed E-state index contributed by atoms with van der Waals surface area (Å²) in [7, 11) is -3.76. The summed E-state index contributed by atoms with van der Waals surface area (Å²) in [5.74, 6) is 0.246. The molecule has 0 unspecified atom stereocenters. The Labute approximate surface area is 132 Å². The first-order chi connectivity index (χ1) is 9.74. The van der Waals surface area contributed by atoms with Gasteiger partial charge in [0.25, 0.3) is 10.0 Å². The average molecular weight is 370 g/mol. The number of rotatable bonds is 3. The van der Waals surface area contributed by atoms with Crippen LogP contribution >= 0.6 is 15.9 Å². The molecule has 0 bridgehead atoms. The number of anilines is 2. The first kappa shape index (κ1) is 15.8. The third-order valence-electron chi connectivity index (χ3n) is 3.22. The molecule has 0 aliphatic heterocycles. The van der Waals surface area contributed by atoms with Crippen LogP contribution in [0, 0.1) is 20.8 Å². The number of nitrogen functional groups attached to an aromatic ring is 1. The molecule has 0 saturated heterocycles. The zero-order valence-corrected chi connectivity index (χ0v) is 14.3. The van der Waals surface area contributed by atoms with Crippen molar-refractivity contribution in [3.63, 3.8) is 0 Å². The Morgan fingerprint density at radius 2 is 1.90 bits per heavy atom. The monoisotopic (exact) mass is 369 g/mol. The molecule has 0 amide bonds. The number of halogens is 1. The Morgan fingerprint density at radius 1 is 1.24 bits per heavy atom. The maximum Gasteiger partial charge on any atom is 0.263 e. The largest absolute Gasteiger partial charge is 0.398 e. The molecule has 5 nitrogen and oxygen atoms in total. The third kappa shape index (κ3) is 3.03. The van der Waals surface area contributed by atoms with Gasteiger partial charge in [-0.15, -0.1) is 0 Å². The highest BCUT2D eigenvalue weighted by Crippen LogP contribution is 2.30. The molecule has 0 radical (unpaired) electrons. The summed E-state index contributed by atoms with van der Waals surface area (Å²) < 4.78 is 28.3. The zero-order valence-electron chi connectivity index (χ0n) is 11.9. The van der Waals surface area contributed by atoms with Crippen molar-refractivity contribution in [3.8, 4) is 0 Å². The predicted octanol–water partition coefficient (Wildman–Crippen LogP) is 3.15. The van der Waals surface area contributed by atoms with E-state index in [9.17, 15) is 8.42 Å². The van der Waals surface area contributed by atoms with E-state index in [1.54, 1.807) is 32.0 Å². The number of hydrogen-bond donors (Lipinski definition) is 2. The topological polar surface area (TPSA) is 85.1 Å². The number of nitrogens with two attached hydrogens (primary N) is 1. The summed E-state index contributed by atoms with van der Waals surface area (Å²) in [5.41, 5.74) is 8.51. The first-order valence-corrected chi connectivity index (χ1v) is 8.51. The van der Waals surface area contributed by atoms with E-state index in [0.717, 1.165) is 5.56 Å². The highest BCUT2D eigenvalue weighted by atomic mass is 79.9. The van der Waals surface area contributed by atoms with Crippen LogP contribution in [0.25, 0.3) is 0 Å². The van der Waals surface area contributed by atoms with E-state index in [1.807, 2.05) is 6.92 Å². The number of sulfonamides is 1. The maximum atomic E-state index is 12.6. The van der Waals surface area contributed by atoms with Crippen molar-refractivity contribution >= 4 is 37.5 Å². The standard InChI is InChI=1S/C14H16BrN3O2S/c1-8-7-9(2)13(10(3)12(8)16)21(19,20)18-14-11(15)5-4-6-17-14/h4-7H,16H2,1-3H3,(H,17,18). The molecule has 2 rings (SSSR count). The fraction of sp³-hybridized carbons (Fsp3) is 0.214. The van der Waals surface area contributed by atoms with Crippen molar-refractivity contribution in [2.24, 2.45) is 0 Å². The van der Waals surface area contributed by atoms with Gasteiger partial charge in [0.2, 0.25) is 0 Å². The van der Waals surface area contributed by atoms with Gasteiger partial charge < -0.3 is 5.73 Å². The molecule has 1 heterocycles. The highest BCUT2D eigenvalue weighted by Gasteiger charge is 2.23. The normalized spacial score (nSPS) is 11.4. The molecule has 0 atom stereocenters. The van der Waals surface area contributed by atoms with Crippen LogP contribution in [0.5, 0.6) is 0 Å². The van der Waals surface area contributed by atoms with E-state index < -0.39 is 10.0 Å². The summed E-state index contributed by atoms with van der Waals surface area (Å²) in [6.07, 6.45) is 1.52. The van der Waals surface area contributed by atoms with Gasteiger partial charge in [0.05, 0.1) is 9.37 Å². The van der Waals surface area contributed by atoms with E-state index in [0.29, 0.717) is 21.3 Å². The summed E-state index contributed by atoms with van der Waals surface area (Å²) in [6, 6.07) is 5.20. The molecule has 1 aromatic carbocycles. The molecule has 21 heavy (non-hydrogen) atoms. The summed E-state index contributed by atoms with van der Waals surface area (Å²) in [4.78, 5) is 4.22. The van der Waals surface area contributed by atoms with Crippen LogP contribution < -0.4 is 10.5 Å². The lowest BCUT2D eigenvalue weighted by Gasteiger charge is -2.16. The van der Waals surface area contributed by atoms with Crippen molar-refractivity contribution < 1.29 is 8.42 Å². The average Bonchev–Trinajstić information content (AvgIpc) is 2.38. The number of aryl methyl sites for hydroxylation is 2. The molecule has 2 aromatic rings. The lowest BCUT2D eigenvalue weighted by atomic mass is 10.1. The Morgan fingerprint density at radius 3 is 2.52 bits per heavy atom. The number of hydrogen-bond acceptors (Lipinski definition) is 4. The van der Waals surface area contributed by atoms with Gasteiger partial charge in [0.1, 0.15) is 0 Å². The van der Waals surface area contributed by atoms with Gasteiger partial charge in [-0.1, -0.05) is 6.07 Å². The summed E-state index contributed by atoms with van der Waals surface area (Å²) in [6.45, 7) is 5.31. The molecule has 112 valence electrons. The lowest BCUT2D eigenvalue weighted by Crippen LogP contribution is -2.18. The van der Waals surface area contributed by atoms with E-state index in [1.165, 1.54) is 6.20 Å². The van der Waals surface area contributed by atoms with Crippen molar-refractivity contribution in [1.82, 2.24) is 4.98 Å². The Kier molecular flexibility index (Phi) is 4.25. The quantitative estimate of drug-likeness (QED) is 0.813. The number of pyridine rings is 1. The second-order valence-electron chi connectivity index (χ2n) is 4.82. The van der Waals surface area contributed by atoms with Crippen LogP contribution in [0.3, 0.4) is 0 Å². The Bertz CT molecular complexity index is 804. The van der Waals surface area contributed by atoms with E-state index >= 15 is 0 Å². The molecule has 1 aromatic heterocycles. The van der Waals surface area contributed by atoms with Crippen molar-refractivity contribution in [2.75, 3.05) is 10.5 Å². The van der Waals surface area contributed by atoms with Crippen LogP contribution in [-0.4, -0.2) is 13.4 Å². The van der Waals surface area contributed by atoms with Gasteiger partial charge in [-0.2, -0.15) is 0 Å². The smallest absolute Gasteiger partial charge is 0.263 e. The fourth-order valence-corrected chi connectivity index (χ4v) is 4.23. The lowest BCUT2D eigenvalue weighted by molar-refractivity contribution is 0.600. The SMILES string of the molecule is Cc1cc(C)c(S(=O)(=O)Nc2ncccc2Br)c(C)c1N. The zero-order chi connectivity index (χ0) is 15.8. The molecular weight excluding hydrogens is 354 g/mol. The predicted molar refractivity (Wildman–Crippen MR) is 87.8 cm³/mol. The number of benzene rings is 1. The van der Waals surface area contributed by atoms with E-state index in [2.05, 4.69) is 25.6 Å². The molecule has 0 aliphatic rings. The summed E-state index contributed by atoms with van der Waals surface area (Å²) in [5, 5.41) is 0. The van der Waals surface area contributed by atoms with Gasteiger partial charge in [0.15, 0.2) is 5.82 Å². The molecule has 3 N–H and O–H groups in total. The van der Waals surface area contributed by atoms with E-state index in [4.69, 9.17) is 5.73 Å². The van der Waals surface area contributed by atoms with Crippen LogP contribution in [0.4, 0.5) is 11.5 Å². The Balaban J connectivity index is 2.56. The molecule has 0 aliphatic carbocycles. The van der Waals surface area contributed by atoms with Gasteiger partial charge in [-0.3, -0.25) is 4.72 Å². The molecular formula is C14H16BrN3O2S. The van der Waals surface area contributed by atoms with Crippen molar-refractivity contribution in [3.05, 3.63) is 45.6 Å². The molecule has 0 spiro atoms. The second kappa shape index (κ2) is 5.65.